The molecule has 7 rings (SSSR count). The Morgan fingerprint density at radius 2 is 1.23 bits per heavy atom. The standard InChI is InChI=1S/C41H47ClSi/c1-37(2)38(3,4)40(7)34-26-18-17-25-32(34)35-31-24-16-15-19-28(31)27-33(35)36(40)41(8,39(37,5)6)43(42,29-20-11-9-12-21-29)30-22-13-10-14-23-30/h9-17,19-25,34H,18,26-27H2,1-8H3. The lowest BCUT2D eigenvalue weighted by Gasteiger charge is -2.76. The van der Waals surface area contributed by atoms with Gasteiger partial charge in [0.2, 0.25) is 7.38 Å². The summed E-state index contributed by atoms with van der Waals surface area (Å²) >= 11 is 8.75. The third-order valence-electron chi connectivity index (χ3n) is 14.3. The third-order valence-corrected chi connectivity index (χ3v) is 21.2. The number of hydrogen-bond acceptors (Lipinski definition) is 0. The second-order valence-electron chi connectivity index (χ2n) is 15.6. The Hall–Kier alpha value is -2.61. The summed E-state index contributed by atoms with van der Waals surface area (Å²) in [5.74, 6) is 0.448. The van der Waals surface area contributed by atoms with Gasteiger partial charge in [-0.3, -0.25) is 0 Å². The van der Waals surface area contributed by atoms with Gasteiger partial charge >= 0.3 is 0 Å². The van der Waals surface area contributed by atoms with E-state index < -0.39 is 7.38 Å². The van der Waals surface area contributed by atoms with Gasteiger partial charge in [0.1, 0.15) is 0 Å². The molecule has 0 aliphatic heterocycles. The molecule has 3 unspecified atom stereocenters. The molecule has 0 nitrogen and oxygen atoms in total. The summed E-state index contributed by atoms with van der Waals surface area (Å²) in [7, 11) is -3.01. The topological polar surface area (TPSA) is 0 Å². The first kappa shape index (κ1) is 29.1. The number of hydrogen-bond donors (Lipinski definition) is 0. The minimum absolute atomic E-state index is 0.00627. The predicted molar refractivity (Wildman–Crippen MR) is 188 cm³/mol. The molecular weight excluding hydrogens is 556 g/mol. The molecule has 0 saturated heterocycles. The van der Waals surface area contributed by atoms with E-state index in [1.165, 1.54) is 33.5 Å². The van der Waals surface area contributed by atoms with Gasteiger partial charge in [-0.15, -0.1) is 0 Å². The summed E-state index contributed by atoms with van der Waals surface area (Å²) < 4.78 is 0. The molecule has 0 radical (unpaired) electrons. The van der Waals surface area contributed by atoms with Gasteiger partial charge in [-0.2, -0.15) is 11.1 Å². The molecule has 1 saturated carbocycles. The first-order valence-corrected chi connectivity index (χ1v) is 19.3. The Morgan fingerprint density at radius 3 is 1.84 bits per heavy atom. The molecule has 0 N–H and O–H groups in total. The second kappa shape index (κ2) is 9.21. The molecule has 3 aromatic carbocycles. The lowest BCUT2D eigenvalue weighted by molar-refractivity contribution is -0.155. The lowest BCUT2D eigenvalue weighted by Crippen LogP contribution is -2.75. The van der Waals surface area contributed by atoms with Crippen molar-refractivity contribution in [3.8, 4) is 0 Å². The smallest absolute Gasteiger partial charge is 0.154 e. The maximum absolute atomic E-state index is 8.75. The van der Waals surface area contributed by atoms with Crippen molar-refractivity contribution in [1.29, 1.82) is 0 Å². The molecule has 43 heavy (non-hydrogen) atoms. The Kier molecular flexibility index (Phi) is 6.24. The highest BCUT2D eigenvalue weighted by Crippen LogP contribution is 2.83. The average Bonchev–Trinajstić information content (AvgIpc) is 3.39. The molecule has 4 aliphatic rings. The van der Waals surface area contributed by atoms with Crippen molar-refractivity contribution in [2.45, 2.75) is 79.7 Å². The molecule has 0 heterocycles. The van der Waals surface area contributed by atoms with E-state index >= 15 is 0 Å². The fourth-order valence-electron chi connectivity index (χ4n) is 10.6. The second-order valence-corrected chi connectivity index (χ2v) is 20.8. The number of allylic oxidation sites excluding steroid dienone is 6. The zero-order chi connectivity index (χ0) is 30.6. The van der Waals surface area contributed by atoms with Crippen molar-refractivity contribution in [3.63, 3.8) is 0 Å². The van der Waals surface area contributed by atoms with Crippen molar-refractivity contribution in [1.82, 2.24) is 0 Å². The maximum atomic E-state index is 8.75. The van der Waals surface area contributed by atoms with Crippen LogP contribution in [-0.4, -0.2) is 7.38 Å². The number of halogens is 1. The summed E-state index contributed by atoms with van der Waals surface area (Å²) in [5, 5.41) is 2.34. The van der Waals surface area contributed by atoms with Crippen molar-refractivity contribution >= 4 is 34.4 Å². The normalized spacial score (nSPS) is 29.9. The van der Waals surface area contributed by atoms with E-state index in [2.05, 4.69) is 152 Å². The average molecular weight is 603 g/mol. The van der Waals surface area contributed by atoms with E-state index in [-0.39, 0.29) is 26.7 Å². The summed E-state index contributed by atoms with van der Waals surface area (Å²) in [6.45, 7) is 20.8. The van der Waals surface area contributed by atoms with Crippen LogP contribution in [0.3, 0.4) is 0 Å². The Bertz CT molecular complexity index is 1660. The number of fused-ring (bicyclic) bond motifs is 6. The highest BCUT2D eigenvalue weighted by molar-refractivity contribution is 7.35. The molecule has 3 aromatic rings. The lowest BCUT2D eigenvalue weighted by atomic mass is 9.32. The quantitative estimate of drug-likeness (QED) is 0.207. The highest BCUT2D eigenvalue weighted by atomic mass is 35.6. The van der Waals surface area contributed by atoms with E-state index in [0.717, 1.165) is 12.8 Å². The van der Waals surface area contributed by atoms with Crippen LogP contribution in [0.15, 0.2) is 114 Å². The number of rotatable bonds is 3. The fraction of sp³-hybridized carbons (Fsp3) is 0.415. The molecule has 0 spiro atoms. The predicted octanol–water partition coefficient (Wildman–Crippen LogP) is 10.1. The fourth-order valence-corrected chi connectivity index (χ4v) is 17.1. The molecule has 0 aromatic heterocycles. The number of benzene rings is 3. The van der Waals surface area contributed by atoms with Crippen LogP contribution < -0.4 is 10.4 Å². The zero-order valence-corrected chi connectivity index (χ0v) is 29.1. The van der Waals surface area contributed by atoms with Gasteiger partial charge in [-0.05, 0) is 79.6 Å². The molecule has 3 atom stereocenters. The molecule has 2 heteroatoms. The van der Waals surface area contributed by atoms with Gasteiger partial charge in [0, 0.05) is 10.5 Å². The zero-order valence-electron chi connectivity index (χ0n) is 27.3. The highest BCUT2D eigenvalue weighted by Gasteiger charge is 2.77. The Morgan fingerprint density at radius 1 is 0.674 bits per heavy atom. The van der Waals surface area contributed by atoms with Crippen molar-refractivity contribution in [3.05, 3.63) is 125 Å². The van der Waals surface area contributed by atoms with Crippen LogP contribution in [0, 0.1) is 27.6 Å². The monoisotopic (exact) mass is 602 g/mol. The van der Waals surface area contributed by atoms with Crippen LogP contribution in [0.25, 0.3) is 5.57 Å². The van der Waals surface area contributed by atoms with Crippen LogP contribution in [0.4, 0.5) is 0 Å². The van der Waals surface area contributed by atoms with Gasteiger partial charge in [-0.25, -0.2) is 0 Å². The van der Waals surface area contributed by atoms with Crippen LogP contribution in [0.1, 0.15) is 79.4 Å². The first-order chi connectivity index (χ1) is 20.3. The molecule has 222 valence electrons. The van der Waals surface area contributed by atoms with Crippen molar-refractivity contribution in [2.24, 2.45) is 27.6 Å². The summed E-state index contributed by atoms with van der Waals surface area (Å²) in [4.78, 5) is 0. The van der Waals surface area contributed by atoms with E-state index in [1.807, 2.05) is 0 Å². The van der Waals surface area contributed by atoms with Gasteiger partial charge in [-0.1, -0.05) is 158 Å². The maximum Gasteiger partial charge on any atom is 0.227 e. The Balaban J connectivity index is 1.71. The molecule has 0 amide bonds. The first-order valence-electron chi connectivity index (χ1n) is 16.3. The van der Waals surface area contributed by atoms with Crippen LogP contribution >= 0.6 is 11.1 Å². The summed E-state index contributed by atoms with van der Waals surface area (Å²) in [6.07, 6.45) is 8.26. The van der Waals surface area contributed by atoms with Gasteiger partial charge in [0.05, 0.1) is 0 Å². The summed E-state index contributed by atoms with van der Waals surface area (Å²) in [5.41, 5.74) is 9.03. The van der Waals surface area contributed by atoms with Crippen LogP contribution in [0.2, 0.25) is 5.04 Å². The SMILES string of the molecule is CC12C(=C3Cc4ccccc4C3=C3C=CCCC31)C(C)([Si](Cl)(c1ccccc1)c1ccccc1)C(C)(C)C(C)(C)C2(C)C. The molecule has 0 bridgehead atoms. The summed E-state index contributed by atoms with van der Waals surface area (Å²) in [6, 6.07) is 31.7. The van der Waals surface area contributed by atoms with Crippen LogP contribution in [0.5, 0.6) is 0 Å². The third kappa shape index (κ3) is 3.24. The Labute approximate surface area is 265 Å². The van der Waals surface area contributed by atoms with Gasteiger partial charge in [0.15, 0.2) is 0 Å². The largest absolute Gasteiger partial charge is 0.227 e. The van der Waals surface area contributed by atoms with Crippen molar-refractivity contribution in [2.75, 3.05) is 0 Å². The van der Waals surface area contributed by atoms with Gasteiger partial charge in [0.25, 0.3) is 0 Å². The van der Waals surface area contributed by atoms with Crippen molar-refractivity contribution < 1.29 is 0 Å². The molecular formula is C41H47ClSi. The van der Waals surface area contributed by atoms with E-state index in [0.29, 0.717) is 5.92 Å². The van der Waals surface area contributed by atoms with Crippen LogP contribution in [-0.2, 0) is 6.42 Å². The molecule has 1 fully saturated rings. The van der Waals surface area contributed by atoms with E-state index in [1.54, 1.807) is 16.7 Å². The van der Waals surface area contributed by atoms with E-state index in [9.17, 15) is 0 Å². The van der Waals surface area contributed by atoms with E-state index in [4.69, 9.17) is 11.1 Å². The molecule has 4 aliphatic carbocycles. The van der Waals surface area contributed by atoms with Gasteiger partial charge < -0.3 is 0 Å². The minimum Gasteiger partial charge on any atom is -0.154 e. The minimum atomic E-state index is -3.01.